The van der Waals surface area contributed by atoms with Gasteiger partial charge in [-0.25, -0.2) is 4.98 Å². The Kier molecular flexibility index (Phi) is 10.8. The van der Waals surface area contributed by atoms with Crippen LogP contribution in [0.15, 0.2) is 42.6 Å². The monoisotopic (exact) mass is 441 g/mol. The number of nitrogens with zero attached hydrogens (tertiary/aromatic N) is 1. The number of hydrogen-bond acceptors (Lipinski definition) is 5. The third kappa shape index (κ3) is 7.07. The number of ether oxygens (including phenoxy) is 2. The van der Waals surface area contributed by atoms with E-state index in [1.807, 2.05) is 43.3 Å². The van der Waals surface area contributed by atoms with Crippen LogP contribution in [0.2, 0.25) is 0 Å². The molecule has 0 unspecified atom stereocenters. The summed E-state index contributed by atoms with van der Waals surface area (Å²) in [5, 5.41) is 3.02. The summed E-state index contributed by atoms with van der Waals surface area (Å²) < 4.78 is 11.2. The fraction of sp³-hybridized carbons (Fsp3) is 0.429. The number of nitrogens with two attached hydrogens (primary N) is 1. The van der Waals surface area contributed by atoms with Crippen LogP contribution in [0.5, 0.6) is 17.4 Å². The van der Waals surface area contributed by atoms with Crippen LogP contribution in [-0.4, -0.2) is 24.0 Å². The highest BCUT2D eigenvalue weighted by Gasteiger charge is 2.31. The zero-order valence-electron chi connectivity index (χ0n) is 16.5. The first-order chi connectivity index (χ1) is 13.2. The second-order valence-electron chi connectivity index (χ2n) is 6.76. The number of pyridine rings is 1. The van der Waals surface area contributed by atoms with Crippen molar-refractivity contribution in [2.24, 2.45) is 17.6 Å². The molecule has 1 saturated carbocycles. The predicted molar refractivity (Wildman–Crippen MR) is 118 cm³/mol. The zero-order chi connectivity index (χ0) is 19.1. The Morgan fingerprint density at radius 1 is 1.17 bits per heavy atom. The van der Waals surface area contributed by atoms with Gasteiger partial charge in [-0.15, -0.1) is 24.8 Å². The van der Waals surface area contributed by atoms with Gasteiger partial charge in [0.05, 0.1) is 6.61 Å². The fourth-order valence-electron chi connectivity index (χ4n) is 3.49. The van der Waals surface area contributed by atoms with Crippen molar-refractivity contribution < 1.29 is 14.3 Å². The summed E-state index contributed by atoms with van der Waals surface area (Å²) in [6, 6.07) is 11.1. The van der Waals surface area contributed by atoms with E-state index in [-0.39, 0.29) is 36.6 Å². The molecule has 160 valence electrons. The Morgan fingerprint density at radius 3 is 2.59 bits per heavy atom. The summed E-state index contributed by atoms with van der Waals surface area (Å²) in [6.45, 7) is 3.60. The second-order valence-corrected chi connectivity index (χ2v) is 6.76. The van der Waals surface area contributed by atoms with Gasteiger partial charge < -0.3 is 20.5 Å². The molecule has 3 N–H and O–H groups in total. The van der Waals surface area contributed by atoms with E-state index in [0.717, 1.165) is 30.6 Å². The molecule has 8 heteroatoms. The highest BCUT2D eigenvalue weighted by molar-refractivity contribution is 5.85. The van der Waals surface area contributed by atoms with Crippen LogP contribution in [0.3, 0.4) is 0 Å². The maximum atomic E-state index is 12.4. The van der Waals surface area contributed by atoms with Crippen molar-refractivity contribution in [1.29, 1.82) is 0 Å². The number of amides is 1. The fourth-order valence-corrected chi connectivity index (χ4v) is 3.49. The summed E-state index contributed by atoms with van der Waals surface area (Å²) in [4.78, 5) is 16.7. The molecule has 1 fully saturated rings. The summed E-state index contributed by atoms with van der Waals surface area (Å²) in [5.74, 6) is 2.42. The largest absolute Gasteiger partial charge is 0.494 e. The maximum absolute atomic E-state index is 12.4. The van der Waals surface area contributed by atoms with Crippen LogP contribution >= 0.6 is 24.8 Å². The molecule has 0 radical (unpaired) electrons. The molecule has 2 aromatic rings. The number of rotatable bonds is 8. The van der Waals surface area contributed by atoms with Gasteiger partial charge in [0.25, 0.3) is 0 Å². The molecule has 0 bridgehead atoms. The van der Waals surface area contributed by atoms with E-state index in [0.29, 0.717) is 37.2 Å². The molecule has 0 aliphatic heterocycles. The van der Waals surface area contributed by atoms with Crippen molar-refractivity contribution in [3.63, 3.8) is 0 Å². The Balaban J connectivity index is 0.00000210. The number of nitrogens with one attached hydrogen (secondary N) is 1. The van der Waals surface area contributed by atoms with Crippen molar-refractivity contribution in [1.82, 2.24) is 10.3 Å². The summed E-state index contributed by atoms with van der Waals surface area (Å²) in [5.41, 5.74) is 6.72. The second kappa shape index (κ2) is 12.5. The Hall–Kier alpha value is -2.02. The van der Waals surface area contributed by atoms with Crippen LogP contribution in [0.4, 0.5) is 0 Å². The van der Waals surface area contributed by atoms with Crippen LogP contribution in [0, 0.1) is 11.8 Å². The van der Waals surface area contributed by atoms with E-state index in [2.05, 4.69) is 10.3 Å². The molecule has 2 atom stereocenters. The van der Waals surface area contributed by atoms with Crippen LogP contribution in [0.1, 0.15) is 31.7 Å². The van der Waals surface area contributed by atoms with Crippen molar-refractivity contribution in [3.8, 4) is 17.4 Å². The third-order valence-corrected chi connectivity index (χ3v) is 4.92. The van der Waals surface area contributed by atoms with E-state index in [9.17, 15) is 4.79 Å². The molecule has 1 aromatic carbocycles. The van der Waals surface area contributed by atoms with Crippen molar-refractivity contribution >= 4 is 30.7 Å². The minimum absolute atomic E-state index is 0. The summed E-state index contributed by atoms with van der Waals surface area (Å²) in [7, 11) is 0. The number of carbonyl (C=O) groups excluding carboxylic acids is 1. The van der Waals surface area contributed by atoms with E-state index >= 15 is 0 Å². The van der Waals surface area contributed by atoms with Crippen LogP contribution < -0.4 is 20.5 Å². The van der Waals surface area contributed by atoms with Gasteiger partial charge in [-0.1, -0.05) is 6.42 Å². The summed E-state index contributed by atoms with van der Waals surface area (Å²) in [6.07, 6.45) is 4.74. The molecule has 1 heterocycles. The third-order valence-electron chi connectivity index (χ3n) is 4.92. The highest BCUT2D eigenvalue weighted by atomic mass is 35.5. The Bertz CT molecular complexity index is 759. The lowest BCUT2D eigenvalue weighted by atomic mass is 9.95. The maximum Gasteiger partial charge on any atom is 0.223 e. The lowest BCUT2D eigenvalue weighted by molar-refractivity contribution is -0.126. The molecule has 29 heavy (non-hydrogen) atoms. The molecule has 1 amide bonds. The molecule has 0 saturated heterocycles. The zero-order valence-corrected chi connectivity index (χ0v) is 18.1. The molecule has 0 spiro atoms. The SMILES string of the molecule is CCOc1ccc(Oc2cc(CNC(=O)[C@@H]3CCC[C@@H]3CN)ccn2)cc1.Cl.Cl. The van der Waals surface area contributed by atoms with Gasteiger partial charge in [-0.05, 0) is 68.1 Å². The van der Waals surface area contributed by atoms with Crippen LogP contribution in [0.25, 0.3) is 0 Å². The van der Waals surface area contributed by atoms with Crippen molar-refractivity contribution in [3.05, 3.63) is 48.2 Å². The van der Waals surface area contributed by atoms with Crippen LogP contribution in [-0.2, 0) is 11.3 Å². The normalized spacial score (nSPS) is 17.6. The van der Waals surface area contributed by atoms with E-state index in [4.69, 9.17) is 15.2 Å². The van der Waals surface area contributed by atoms with Gasteiger partial charge in [0.2, 0.25) is 11.8 Å². The van der Waals surface area contributed by atoms with Gasteiger partial charge >= 0.3 is 0 Å². The molecule has 1 aliphatic rings. The van der Waals surface area contributed by atoms with Crippen molar-refractivity contribution in [2.75, 3.05) is 13.2 Å². The first-order valence-corrected chi connectivity index (χ1v) is 9.53. The lowest BCUT2D eigenvalue weighted by Crippen LogP contribution is -2.34. The van der Waals surface area contributed by atoms with Crippen molar-refractivity contribution in [2.45, 2.75) is 32.7 Å². The molecular formula is C21H29Cl2N3O3. The minimum atomic E-state index is 0. The summed E-state index contributed by atoms with van der Waals surface area (Å²) >= 11 is 0. The molecular weight excluding hydrogens is 413 g/mol. The number of hydrogen-bond donors (Lipinski definition) is 2. The average Bonchev–Trinajstić information content (AvgIpc) is 3.17. The van der Waals surface area contributed by atoms with E-state index < -0.39 is 0 Å². The quantitative estimate of drug-likeness (QED) is 0.643. The molecule has 3 rings (SSSR count). The number of benzene rings is 1. The Morgan fingerprint density at radius 2 is 1.90 bits per heavy atom. The number of carbonyl (C=O) groups is 1. The first kappa shape index (κ1) is 25.0. The molecule has 1 aliphatic carbocycles. The predicted octanol–water partition coefficient (Wildman–Crippen LogP) is 4.11. The molecule has 6 nitrogen and oxygen atoms in total. The standard InChI is InChI=1S/C21H27N3O3.2ClH/c1-2-26-17-6-8-18(9-7-17)27-20-12-15(10-11-23-20)14-24-21(25)19-5-3-4-16(19)13-22;;/h6-12,16,19H,2-5,13-14,22H2,1H3,(H,24,25);2*1H/t16-,19-;;/m1../s1. The smallest absolute Gasteiger partial charge is 0.223 e. The minimum Gasteiger partial charge on any atom is -0.494 e. The van der Waals surface area contributed by atoms with Gasteiger partial charge in [-0.2, -0.15) is 0 Å². The van der Waals surface area contributed by atoms with E-state index in [1.165, 1.54) is 0 Å². The topological polar surface area (TPSA) is 86.5 Å². The van der Waals surface area contributed by atoms with Gasteiger partial charge in [0, 0.05) is 24.7 Å². The lowest BCUT2D eigenvalue weighted by Gasteiger charge is -2.17. The highest BCUT2D eigenvalue weighted by Crippen LogP contribution is 2.31. The number of halogens is 2. The average molecular weight is 442 g/mol. The van der Waals surface area contributed by atoms with Gasteiger partial charge in [0.15, 0.2) is 0 Å². The Labute approximate surface area is 184 Å². The number of aromatic nitrogens is 1. The molecule has 1 aromatic heterocycles. The van der Waals surface area contributed by atoms with E-state index in [1.54, 1.807) is 6.20 Å². The van der Waals surface area contributed by atoms with Gasteiger partial charge in [0.1, 0.15) is 11.5 Å². The van der Waals surface area contributed by atoms with Gasteiger partial charge in [-0.3, -0.25) is 4.79 Å². The first-order valence-electron chi connectivity index (χ1n) is 9.53.